The van der Waals surface area contributed by atoms with Crippen LogP contribution in [0.5, 0.6) is 0 Å². The van der Waals surface area contributed by atoms with E-state index in [1.54, 1.807) is 4.90 Å². The predicted molar refractivity (Wildman–Crippen MR) is 110 cm³/mol. The van der Waals surface area contributed by atoms with Gasteiger partial charge in [0.05, 0.1) is 12.0 Å². The van der Waals surface area contributed by atoms with Crippen LogP contribution in [-0.2, 0) is 19.1 Å². The maximum Gasteiger partial charge on any atom is 0.311 e. The number of anilines is 1. The third-order valence-electron chi connectivity index (χ3n) is 5.14. The van der Waals surface area contributed by atoms with Crippen LogP contribution in [0.4, 0.5) is 5.69 Å². The number of nitrogens with zero attached hydrogens (tertiary/aromatic N) is 1. The molecule has 0 aliphatic carbocycles. The molecule has 6 heteroatoms. The Morgan fingerprint density at radius 2 is 1.90 bits per heavy atom. The summed E-state index contributed by atoms with van der Waals surface area (Å²) >= 11 is 0. The Hall–Kier alpha value is -3.15. The van der Waals surface area contributed by atoms with E-state index in [1.165, 1.54) is 0 Å². The van der Waals surface area contributed by atoms with Crippen molar-refractivity contribution in [2.45, 2.75) is 33.2 Å². The highest BCUT2D eigenvalue weighted by atomic mass is 16.5. The molecule has 29 heavy (non-hydrogen) atoms. The second-order valence-electron chi connectivity index (χ2n) is 7.50. The van der Waals surface area contributed by atoms with Crippen molar-refractivity contribution in [3.8, 4) is 0 Å². The minimum absolute atomic E-state index is 0.0915. The maximum atomic E-state index is 12.4. The fourth-order valence-corrected chi connectivity index (χ4v) is 3.47. The van der Waals surface area contributed by atoms with Crippen LogP contribution >= 0.6 is 0 Å². The summed E-state index contributed by atoms with van der Waals surface area (Å²) in [5.41, 5.74) is 3.82. The highest BCUT2D eigenvalue weighted by Crippen LogP contribution is 2.29. The SMILES string of the molecule is Cc1ccc(C)c(N2C[C@H](C(=O)OCC(=O)N[C@H](C)c3ccccc3)CC2=O)c1. The molecule has 0 spiro atoms. The van der Waals surface area contributed by atoms with Crippen LogP contribution in [0.1, 0.15) is 36.1 Å². The molecule has 1 fully saturated rings. The number of carbonyl (C=O) groups excluding carboxylic acids is 3. The molecule has 1 N–H and O–H groups in total. The van der Waals surface area contributed by atoms with Gasteiger partial charge in [-0.2, -0.15) is 0 Å². The predicted octanol–water partition coefficient (Wildman–Crippen LogP) is 3.08. The standard InChI is InChI=1S/C23H26N2O4/c1-15-9-10-16(2)20(11-15)25-13-19(12-22(25)27)23(28)29-14-21(26)24-17(3)18-7-5-4-6-8-18/h4-11,17,19H,12-14H2,1-3H3,(H,24,26)/t17-,19-/m1/s1. The van der Waals surface area contributed by atoms with Crippen molar-refractivity contribution in [2.24, 2.45) is 5.92 Å². The Balaban J connectivity index is 1.53. The van der Waals surface area contributed by atoms with Crippen LogP contribution in [0, 0.1) is 19.8 Å². The topological polar surface area (TPSA) is 75.7 Å². The van der Waals surface area contributed by atoms with Gasteiger partial charge in [0.2, 0.25) is 5.91 Å². The lowest BCUT2D eigenvalue weighted by molar-refractivity contribution is -0.152. The summed E-state index contributed by atoms with van der Waals surface area (Å²) in [7, 11) is 0. The summed E-state index contributed by atoms with van der Waals surface area (Å²) in [5.74, 6) is -1.57. The molecule has 1 aliphatic heterocycles. The van der Waals surface area contributed by atoms with Gasteiger partial charge in [0, 0.05) is 18.7 Å². The average Bonchev–Trinajstić information content (AvgIpc) is 3.10. The largest absolute Gasteiger partial charge is 0.455 e. The molecule has 0 radical (unpaired) electrons. The first-order chi connectivity index (χ1) is 13.8. The lowest BCUT2D eigenvalue weighted by atomic mass is 10.1. The number of hydrogen-bond donors (Lipinski definition) is 1. The Kier molecular flexibility index (Phi) is 6.32. The van der Waals surface area contributed by atoms with Gasteiger partial charge < -0.3 is 15.0 Å². The first-order valence-corrected chi connectivity index (χ1v) is 9.73. The summed E-state index contributed by atoms with van der Waals surface area (Å²) in [5, 5.41) is 2.81. The molecule has 1 aliphatic rings. The normalized spacial score (nSPS) is 17.1. The first kappa shape index (κ1) is 20.6. The zero-order valence-electron chi connectivity index (χ0n) is 17.0. The highest BCUT2D eigenvalue weighted by Gasteiger charge is 2.37. The Labute approximate surface area is 170 Å². The number of nitrogens with one attached hydrogen (secondary N) is 1. The third kappa shape index (κ3) is 5.02. The smallest absolute Gasteiger partial charge is 0.311 e. The highest BCUT2D eigenvalue weighted by molar-refractivity contribution is 6.00. The number of rotatable bonds is 6. The van der Waals surface area contributed by atoms with E-state index in [-0.39, 0.29) is 37.4 Å². The minimum atomic E-state index is -0.568. The summed E-state index contributed by atoms with van der Waals surface area (Å²) in [6, 6.07) is 15.3. The molecule has 0 unspecified atom stereocenters. The van der Waals surface area contributed by atoms with Crippen LogP contribution in [0.15, 0.2) is 48.5 Å². The second kappa shape index (κ2) is 8.90. The number of amides is 2. The number of hydrogen-bond acceptors (Lipinski definition) is 4. The molecule has 0 aromatic heterocycles. The molecule has 152 valence electrons. The van der Waals surface area contributed by atoms with Crippen LogP contribution in [-0.4, -0.2) is 30.9 Å². The molecule has 1 saturated heterocycles. The fourth-order valence-electron chi connectivity index (χ4n) is 3.47. The molecule has 2 atom stereocenters. The van der Waals surface area contributed by atoms with Crippen molar-refractivity contribution in [3.05, 3.63) is 65.2 Å². The zero-order chi connectivity index (χ0) is 21.0. The van der Waals surface area contributed by atoms with E-state index >= 15 is 0 Å². The molecular weight excluding hydrogens is 368 g/mol. The molecule has 2 aromatic carbocycles. The number of benzene rings is 2. The summed E-state index contributed by atoms with van der Waals surface area (Å²) in [4.78, 5) is 38.6. The third-order valence-corrected chi connectivity index (χ3v) is 5.14. The van der Waals surface area contributed by atoms with Gasteiger partial charge in [-0.3, -0.25) is 14.4 Å². The van der Waals surface area contributed by atoms with Gasteiger partial charge in [-0.15, -0.1) is 0 Å². The average molecular weight is 394 g/mol. The van der Waals surface area contributed by atoms with E-state index in [1.807, 2.05) is 69.3 Å². The monoisotopic (exact) mass is 394 g/mol. The van der Waals surface area contributed by atoms with Crippen molar-refractivity contribution < 1.29 is 19.1 Å². The van der Waals surface area contributed by atoms with Gasteiger partial charge >= 0.3 is 5.97 Å². The van der Waals surface area contributed by atoms with Crippen LogP contribution in [0.3, 0.4) is 0 Å². The van der Waals surface area contributed by atoms with Crippen molar-refractivity contribution in [1.29, 1.82) is 0 Å². The van der Waals surface area contributed by atoms with Gasteiger partial charge in [0.1, 0.15) is 0 Å². The van der Waals surface area contributed by atoms with E-state index in [0.717, 1.165) is 22.4 Å². The summed E-state index contributed by atoms with van der Waals surface area (Å²) in [6.45, 7) is 5.68. The molecule has 0 bridgehead atoms. The first-order valence-electron chi connectivity index (χ1n) is 9.73. The molecule has 1 heterocycles. The van der Waals surface area contributed by atoms with Gasteiger partial charge in [-0.25, -0.2) is 0 Å². The summed E-state index contributed by atoms with van der Waals surface area (Å²) in [6.07, 6.45) is 0.0915. The van der Waals surface area contributed by atoms with Gasteiger partial charge in [0.15, 0.2) is 6.61 Å². The van der Waals surface area contributed by atoms with E-state index in [0.29, 0.717) is 0 Å². The second-order valence-corrected chi connectivity index (χ2v) is 7.50. The van der Waals surface area contributed by atoms with Crippen molar-refractivity contribution in [2.75, 3.05) is 18.1 Å². The number of carbonyl (C=O) groups is 3. The maximum absolute atomic E-state index is 12.4. The van der Waals surface area contributed by atoms with Gasteiger partial charge in [-0.05, 0) is 43.5 Å². The van der Waals surface area contributed by atoms with Gasteiger partial charge in [0.25, 0.3) is 5.91 Å². The van der Waals surface area contributed by atoms with Crippen molar-refractivity contribution in [3.63, 3.8) is 0 Å². The fraction of sp³-hybridized carbons (Fsp3) is 0.348. The molecular formula is C23H26N2O4. The van der Waals surface area contributed by atoms with Crippen LogP contribution < -0.4 is 10.2 Å². The summed E-state index contributed by atoms with van der Waals surface area (Å²) < 4.78 is 5.18. The number of aryl methyl sites for hydroxylation is 2. The number of esters is 1. The lowest BCUT2D eigenvalue weighted by Crippen LogP contribution is -2.33. The Morgan fingerprint density at radius 1 is 1.17 bits per heavy atom. The van der Waals surface area contributed by atoms with E-state index in [2.05, 4.69) is 5.32 Å². The lowest BCUT2D eigenvalue weighted by Gasteiger charge is -2.19. The minimum Gasteiger partial charge on any atom is -0.455 e. The number of ether oxygens (including phenoxy) is 1. The quantitative estimate of drug-likeness (QED) is 0.764. The van der Waals surface area contributed by atoms with E-state index in [9.17, 15) is 14.4 Å². The van der Waals surface area contributed by atoms with E-state index < -0.39 is 11.9 Å². The van der Waals surface area contributed by atoms with Gasteiger partial charge in [-0.1, -0.05) is 42.5 Å². The molecule has 0 saturated carbocycles. The van der Waals surface area contributed by atoms with Crippen LogP contribution in [0.25, 0.3) is 0 Å². The molecule has 2 amide bonds. The molecule has 6 nitrogen and oxygen atoms in total. The van der Waals surface area contributed by atoms with Crippen molar-refractivity contribution >= 4 is 23.5 Å². The Bertz CT molecular complexity index is 910. The molecule has 3 rings (SSSR count). The van der Waals surface area contributed by atoms with E-state index in [4.69, 9.17) is 4.74 Å². The Morgan fingerprint density at radius 3 is 2.62 bits per heavy atom. The zero-order valence-corrected chi connectivity index (χ0v) is 17.0. The van der Waals surface area contributed by atoms with Crippen LogP contribution in [0.2, 0.25) is 0 Å². The molecule has 2 aromatic rings. The van der Waals surface area contributed by atoms with Crippen molar-refractivity contribution in [1.82, 2.24) is 5.32 Å².